The zero-order valence-electron chi connectivity index (χ0n) is 22.0. The molecule has 11 nitrogen and oxygen atoms in total. The van der Waals surface area contributed by atoms with E-state index >= 15 is 0 Å². The molecule has 2 aromatic carbocycles. The number of nitrogens with zero attached hydrogens (tertiary/aromatic N) is 5. The number of para-hydroxylation sites is 1. The molecule has 0 spiro atoms. The van der Waals surface area contributed by atoms with Crippen molar-refractivity contribution in [2.45, 2.75) is 44.9 Å². The van der Waals surface area contributed by atoms with Gasteiger partial charge in [-0.15, -0.1) is 0 Å². The molecule has 2 fully saturated rings. The fourth-order valence-electron chi connectivity index (χ4n) is 5.26. The molecule has 2 saturated heterocycles. The number of carbonyl (C=O) groups is 3. The molecule has 5 rings (SSSR count). The Bertz CT molecular complexity index is 1380. The van der Waals surface area contributed by atoms with Crippen molar-refractivity contribution in [3.63, 3.8) is 0 Å². The van der Waals surface area contributed by atoms with E-state index in [2.05, 4.69) is 17.2 Å². The molecule has 0 radical (unpaired) electrons. The molecule has 0 aliphatic carbocycles. The highest BCUT2D eigenvalue weighted by molar-refractivity contribution is 7.22. The first-order valence-electron chi connectivity index (χ1n) is 13.1. The van der Waals surface area contributed by atoms with Gasteiger partial charge < -0.3 is 26.0 Å². The van der Waals surface area contributed by atoms with Gasteiger partial charge in [-0.25, -0.2) is 9.78 Å². The van der Waals surface area contributed by atoms with E-state index in [0.717, 1.165) is 34.2 Å². The van der Waals surface area contributed by atoms with Crippen LogP contribution in [0.1, 0.15) is 30.9 Å². The van der Waals surface area contributed by atoms with Gasteiger partial charge in [0, 0.05) is 26.6 Å². The number of hydrogen-bond donors (Lipinski definition) is 3. The van der Waals surface area contributed by atoms with Crippen molar-refractivity contribution in [2.75, 3.05) is 32.4 Å². The number of thiazole rings is 1. The van der Waals surface area contributed by atoms with Crippen LogP contribution in [0, 0.1) is 0 Å². The van der Waals surface area contributed by atoms with Crippen LogP contribution in [0.25, 0.3) is 10.2 Å². The molecule has 3 heterocycles. The molecule has 39 heavy (non-hydrogen) atoms. The fraction of sp³-hybridized carbons (Fsp3) is 0.407. The van der Waals surface area contributed by atoms with E-state index in [4.69, 9.17) is 5.73 Å². The maximum absolute atomic E-state index is 13.9. The number of carbonyl (C=O) groups excluding carboxylic acids is 3. The zero-order chi connectivity index (χ0) is 27.7. The van der Waals surface area contributed by atoms with Crippen LogP contribution in [0.3, 0.4) is 0 Å². The molecule has 2 aliphatic rings. The Balaban J connectivity index is 1.46. The third-order valence-corrected chi connectivity index (χ3v) is 8.15. The molecule has 0 saturated carbocycles. The number of urea groups is 1. The number of hydrazine groups is 1. The molecule has 4 N–H and O–H groups in total. The van der Waals surface area contributed by atoms with Crippen molar-refractivity contribution in [2.24, 2.45) is 0 Å². The van der Waals surface area contributed by atoms with Crippen LogP contribution in [-0.4, -0.2) is 86.6 Å². The Morgan fingerprint density at radius 2 is 2.00 bits per heavy atom. The van der Waals surface area contributed by atoms with Gasteiger partial charge in [0.2, 0.25) is 11.8 Å². The molecule has 2 atom stereocenters. The molecule has 0 unspecified atom stereocenters. The highest BCUT2D eigenvalue weighted by Crippen LogP contribution is 2.32. The minimum absolute atomic E-state index is 0.00619. The third kappa shape index (κ3) is 5.34. The summed E-state index contributed by atoms with van der Waals surface area (Å²) in [5.74, 6) is -0.257. The molecule has 206 valence electrons. The summed E-state index contributed by atoms with van der Waals surface area (Å²) in [4.78, 5) is 48.0. The van der Waals surface area contributed by atoms with Crippen molar-refractivity contribution < 1.29 is 19.5 Å². The summed E-state index contributed by atoms with van der Waals surface area (Å²) >= 11 is 1.39. The van der Waals surface area contributed by atoms with Gasteiger partial charge in [0.15, 0.2) is 5.13 Å². The number of aromatic nitrogens is 1. The second-order valence-corrected chi connectivity index (χ2v) is 11.0. The number of phenolic OH excluding ortho intramolecular Hbond substituents is 1. The van der Waals surface area contributed by atoms with E-state index in [1.54, 1.807) is 46.1 Å². The van der Waals surface area contributed by atoms with Gasteiger partial charge in [-0.3, -0.25) is 14.6 Å². The number of nitrogens with one attached hydrogen (secondary N) is 1. The molecule has 3 aromatic rings. The van der Waals surface area contributed by atoms with E-state index in [9.17, 15) is 19.5 Å². The average Bonchev–Trinajstić information content (AvgIpc) is 3.46. The largest absolute Gasteiger partial charge is 0.508 e. The van der Waals surface area contributed by atoms with Crippen LogP contribution in [-0.2, 0) is 22.6 Å². The molecule has 12 heteroatoms. The number of aromatic hydroxyl groups is 1. The van der Waals surface area contributed by atoms with E-state index in [1.165, 1.54) is 16.3 Å². The Morgan fingerprint density at radius 1 is 1.23 bits per heavy atom. The normalized spacial score (nSPS) is 19.5. The second kappa shape index (κ2) is 11.1. The number of rotatable bonds is 8. The number of benzene rings is 2. The summed E-state index contributed by atoms with van der Waals surface area (Å²) in [5, 5.41) is 16.3. The lowest BCUT2D eigenvalue weighted by Crippen LogP contribution is -2.65. The van der Waals surface area contributed by atoms with E-state index in [1.807, 2.05) is 18.2 Å². The Labute approximate surface area is 230 Å². The van der Waals surface area contributed by atoms with Crippen LogP contribution >= 0.6 is 11.3 Å². The molecular formula is C27H33N7O4S. The van der Waals surface area contributed by atoms with Gasteiger partial charge in [-0.2, -0.15) is 5.01 Å². The summed E-state index contributed by atoms with van der Waals surface area (Å²) in [6.45, 7) is 3.12. The summed E-state index contributed by atoms with van der Waals surface area (Å²) < 4.78 is 0.942. The lowest BCUT2D eigenvalue weighted by Gasteiger charge is -2.45. The maximum atomic E-state index is 13.9. The smallest absolute Gasteiger partial charge is 0.331 e. The molecule has 2 aliphatic heterocycles. The summed E-state index contributed by atoms with van der Waals surface area (Å²) in [6, 6.07) is 11.4. The average molecular weight is 552 g/mol. The van der Waals surface area contributed by atoms with Gasteiger partial charge in [-0.05, 0) is 35.7 Å². The molecule has 4 amide bonds. The topological polar surface area (TPSA) is 135 Å². The first-order valence-corrected chi connectivity index (χ1v) is 13.9. The highest BCUT2D eigenvalue weighted by Gasteiger charge is 2.51. The number of unbranched alkanes of at least 4 members (excludes halogenated alkanes) is 1. The van der Waals surface area contributed by atoms with Crippen LogP contribution in [0.2, 0.25) is 0 Å². The first-order chi connectivity index (χ1) is 18.8. The fourth-order valence-corrected chi connectivity index (χ4v) is 6.05. The van der Waals surface area contributed by atoms with E-state index in [0.29, 0.717) is 18.2 Å². The Kier molecular flexibility index (Phi) is 7.58. The van der Waals surface area contributed by atoms with Gasteiger partial charge in [0.1, 0.15) is 18.0 Å². The van der Waals surface area contributed by atoms with E-state index in [-0.39, 0.29) is 43.1 Å². The zero-order valence-corrected chi connectivity index (χ0v) is 22.9. The third-order valence-electron chi connectivity index (χ3n) is 7.30. The highest BCUT2D eigenvalue weighted by atomic mass is 32.1. The van der Waals surface area contributed by atoms with Gasteiger partial charge in [0.25, 0.3) is 0 Å². The summed E-state index contributed by atoms with van der Waals surface area (Å²) in [7, 11) is 1.65. The number of anilines is 1. The minimum atomic E-state index is -0.762. The SMILES string of the molecule is CCCCNC(=O)N(C)N1CC(=O)N2[C@@H](Cc3ccc(O)cc3)C(=O)N(Cc3cccc4sc(N)nc34)C[C@@H]21. The van der Waals surface area contributed by atoms with Crippen molar-refractivity contribution in [3.8, 4) is 5.75 Å². The van der Waals surface area contributed by atoms with Crippen LogP contribution in [0.15, 0.2) is 42.5 Å². The Hall–Kier alpha value is -3.90. The molecule has 1 aromatic heterocycles. The minimum Gasteiger partial charge on any atom is -0.508 e. The van der Waals surface area contributed by atoms with Gasteiger partial charge in [0.05, 0.1) is 23.3 Å². The van der Waals surface area contributed by atoms with Crippen molar-refractivity contribution in [3.05, 3.63) is 53.6 Å². The lowest BCUT2D eigenvalue weighted by molar-refractivity contribution is -0.157. The number of hydrogen-bond acceptors (Lipinski definition) is 8. The molecule has 0 bridgehead atoms. The predicted octanol–water partition coefficient (Wildman–Crippen LogP) is 2.36. The standard InChI is InChI=1S/C27H33N7O4S/c1-3-4-12-29-27(38)31(2)33-16-23(36)34-20(13-17-8-10-19(35)11-9-17)25(37)32(15-22(33)34)14-18-6-5-7-21-24(18)30-26(28)39-21/h5-11,20,22,35H,3-4,12-16H2,1-2H3,(H2,28,30)(H,29,38)/t20-,22+/m0/s1. The van der Waals surface area contributed by atoms with Crippen LogP contribution in [0.5, 0.6) is 5.75 Å². The van der Waals surface area contributed by atoms with Crippen molar-refractivity contribution in [1.29, 1.82) is 0 Å². The van der Waals surface area contributed by atoms with E-state index < -0.39 is 12.2 Å². The second-order valence-electron chi connectivity index (χ2n) is 9.91. The van der Waals surface area contributed by atoms with Crippen LogP contribution < -0.4 is 11.1 Å². The quantitative estimate of drug-likeness (QED) is 0.366. The monoisotopic (exact) mass is 551 g/mol. The summed E-state index contributed by atoms with van der Waals surface area (Å²) in [6.07, 6.45) is 1.58. The number of piperazine rings is 1. The predicted molar refractivity (Wildman–Crippen MR) is 148 cm³/mol. The number of nitrogens with two attached hydrogens (primary N) is 1. The Morgan fingerprint density at radius 3 is 2.74 bits per heavy atom. The maximum Gasteiger partial charge on any atom is 0.331 e. The van der Waals surface area contributed by atoms with Crippen molar-refractivity contribution in [1.82, 2.24) is 30.1 Å². The van der Waals surface area contributed by atoms with Crippen LogP contribution in [0.4, 0.5) is 9.93 Å². The number of nitrogen functional groups attached to an aromatic ring is 1. The van der Waals surface area contributed by atoms with Gasteiger partial charge in [-0.1, -0.05) is 48.9 Å². The van der Waals surface area contributed by atoms with Crippen molar-refractivity contribution >= 4 is 44.5 Å². The first kappa shape index (κ1) is 26.7. The number of amides is 4. The lowest BCUT2D eigenvalue weighted by atomic mass is 9.99. The number of fused-ring (bicyclic) bond motifs is 2. The number of phenols is 1. The molecular weight excluding hydrogens is 518 g/mol. The summed E-state index contributed by atoms with van der Waals surface area (Å²) in [5.41, 5.74) is 8.41. The van der Waals surface area contributed by atoms with Gasteiger partial charge >= 0.3 is 6.03 Å².